The maximum absolute atomic E-state index is 5.51. The minimum absolute atomic E-state index is 0.738. The van der Waals surface area contributed by atoms with E-state index in [2.05, 4.69) is 31.2 Å². The van der Waals surface area contributed by atoms with E-state index in [-0.39, 0.29) is 0 Å². The molecular weight excluding hydrogens is 296 g/mol. The van der Waals surface area contributed by atoms with Gasteiger partial charge in [0.2, 0.25) is 0 Å². The number of aromatic nitrogens is 2. The predicted molar refractivity (Wildman–Crippen MR) is 76.7 cm³/mol. The zero-order chi connectivity index (χ0) is 13.5. The van der Waals surface area contributed by atoms with Crippen molar-refractivity contribution in [3.63, 3.8) is 0 Å². The summed E-state index contributed by atoms with van der Waals surface area (Å²) in [6.45, 7) is 6.13. The lowest BCUT2D eigenvalue weighted by molar-refractivity contribution is 0.119. The van der Waals surface area contributed by atoms with Crippen LogP contribution in [-0.2, 0) is 18.3 Å². The van der Waals surface area contributed by atoms with Gasteiger partial charge in [0.05, 0.1) is 29.1 Å². The normalized spacial score (nSPS) is 11.4. The first kappa shape index (κ1) is 15.6. The first-order chi connectivity index (χ1) is 8.52. The lowest BCUT2D eigenvalue weighted by Crippen LogP contribution is -2.23. The Morgan fingerprint density at radius 1 is 1.39 bits per heavy atom. The number of hydrogen-bond donors (Lipinski definition) is 1. The van der Waals surface area contributed by atoms with Gasteiger partial charge in [0.25, 0.3) is 0 Å². The summed E-state index contributed by atoms with van der Waals surface area (Å²) in [7, 11) is 6.05. The summed E-state index contributed by atoms with van der Waals surface area (Å²) in [6.07, 6.45) is 0. The molecule has 1 aromatic rings. The summed E-state index contributed by atoms with van der Waals surface area (Å²) in [5, 5.41) is 7.71. The number of likely N-dealkylation sites (N-methyl/N-ethyl adjacent to an activating group) is 1. The summed E-state index contributed by atoms with van der Waals surface area (Å²) < 4.78 is 8.50. The highest BCUT2D eigenvalue weighted by atomic mass is 79.9. The van der Waals surface area contributed by atoms with E-state index >= 15 is 0 Å². The molecule has 0 amide bonds. The molecule has 0 aliphatic carbocycles. The minimum atomic E-state index is 0.738. The second kappa shape index (κ2) is 7.89. The van der Waals surface area contributed by atoms with E-state index in [0.717, 1.165) is 43.0 Å². The SMILES string of the molecule is Cc1nn(C)c(CNCCOCCN(C)C)c1Br. The van der Waals surface area contributed by atoms with Gasteiger partial charge in [0.15, 0.2) is 0 Å². The van der Waals surface area contributed by atoms with Crippen molar-refractivity contribution >= 4 is 15.9 Å². The highest BCUT2D eigenvalue weighted by Crippen LogP contribution is 2.19. The summed E-state index contributed by atoms with van der Waals surface area (Å²) in [5.74, 6) is 0. The molecule has 18 heavy (non-hydrogen) atoms. The van der Waals surface area contributed by atoms with Crippen molar-refractivity contribution in [1.82, 2.24) is 20.0 Å². The second-order valence-corrected chi connectivity index (χ2v) is 5.36. The number of nitrogens with one attached hydrogen (secondary N) is 1. The average molecular weight is 319 g/mol. The maximum atomic E-state index is 5.51. The van der Waals surface area contributed by atoms with Gasteiger partial charge in [-0.3, -0.25) is 4.68 Å². The summed E-state index contributed by atoms with van der Waals surface area (Å²) >= 11 is 3.55. The van der Waals surface area contributed by atoms with Gasteiger partial charge >= 0.3 is 0 Å². The van der Waals surface area contributed by atoms with Crippen LogP contribution < -0.4 is 5.32 Å². The third-order valence-corrected chi connectivity index (χ3v) is 3.69. The lowest BCUT2D eigenvalue weighted by Gasteiger charge is -2.10. The van der Waals surface area contributed by atoms with E-state index in [0.29, 0.717) is 0 Å². The van der Waals surface area contributed by atoms with Gasteiger partial charge in [-0.15, -0.1) is 0 Å². The molecule has 0 bridgehead atoms. The Hall–Kier alpha value is -0.430. The largest absolute Gasteiger partial charge is 0.379 e. The predicted octanol–water partition coefficient (Wildman–Crippen LogP) is 1.16. The highest BCUT2D eigenvalue weighted by Gasteiger charge is 2.09. The molecule has 1 aromatic heterocycles. The molecule has 5 nitrogen and oxygen atoms in total. The van der Waals surface area contributed by atoms with Crippen LogP contribution >= 0.6 is 15.9 Å². The maximum Gasteiger partial charge on any atom is 0.0739 e. The minimum Gasteiger partial charge on any atom is -0.379 e. The Labute approximate surface area is 118 Å². The fraction of sp³-hybridized carbons (Fsp3) is 0.750. The zero-order valence-corrected chi connectivity index (χ0v) is 13.2. The Kier molecular flexibility index (Phi) is 6.85. The molecule has 104 valence electrons. The quantitative estimate of drug-likeness (QED) is 0.730. The smallest absolute Gasteiger partial charge is 0.0739 e. The number of hydrogen-bond acceptors (Lipinski definition) is 4. The third-order valence-electron chi connectivity index (χ3n) is 2.66. The summed E-state index contributed by atoms with van der Waals surface area (Å²) in [4.78, 5) is 2.11. The number of ether oxygens (including phenoxy) is 1. The highest BCUT2D eigenvalue weighted by molar-refractivity contribution is 9.10. The van der Waals surface area contributed by atoms with Crippen molar-refractivity contribution in [3.8, 4) is 0 Å². The molecule has 0 aliphatic rings. The van der Waals surface area contributed by atoms with E-state index in [4.69, 9.17) is 4.74 Å². The number of rotatable bonds is 8. The van der Waals surface area contributed by atoms with E-state index in [9.17, 15) is 0 Å². The molecule has 1 heterocycles. The topological polar surface area (TPSA) is 42.3 Å². The lowest BCUT2D eigenvalue weighted by atomic mass is 10.3. The Morgan fingerprint density at radius 3 is 2.67 bits per heavy atom. The van der Waals surface area contributed by atoms with Crippen LogP contribution in [0, 0.1) is 6.92 Å². The van der Waals surface area contributed by atoms with E-state index < -0.39 is 0 Å². The van der Waals surface area contributed by atoms with Gasteiger partial charge < -0.3 is 15.0 Å². The molecule has 0 atom stereocenters. The van der Waals surface area contributed by atoms with Gasteiger partial charge in [-0.05, 0) is 36.9 Å². The van der Waals surface area contributed by atoms with Crippen molar-refractivity contribution in [1.29, 1.82) is 0 Å². The van der Waals surface area contributed by atoms with E-state index in [1.54, 1.807) is 0 Å². The van der Waals surface area contributed by atoms with Crippen molar-refractivity contribution in [2.24, 2.45) is 7.05 Å². The molecule has 0 spiro atoms. The third kappa shape index (κ3) is 5.06. The van der Waals surface area contributed by atoms with Crippen LogP contribution in [0.3, 0.4) is 0 Å². The first-order valence-electron chi connectivity index (χ1n) is 6.13. The summed E-state index contributed by atoms with van der Waals surface area (Å²) in [6, 6.07) is 0. The first-order valence-corrected chi connectivity index (χ1v) is 6.93. The van der Waals surface area contributed by atoms with Crippen LogP contribution in [0.15, 0.2) is 4.47 Å². The molecule has 1 N–H and O–H groups in total. The van der Waals surface area contributed by atoms with E-state index in [1.807, 2.05) is 32.7 Å². The van der Waals surface area contributed by atoms with Gasteiger partial charge in [0.1, 0.15) is 0 Å². The van der Waals surface area contributed by atoms with Gasteiger partial charge in [0, 0.05) is 26.7 Å². The Bertz CT molecular complexity index is 365. The van der Waals surface area contributed by atoms with Crippen molar-refractivity contribution in [3.05, 3.63) is 15.9 Å². The van der Waals surface area contributed by atoms with Gasteiger partial charge in [-0.1, -0.05) is 0 Å². The van der Waals surface area contributed by atoms with Crippen LogP contribution in [-0.4, -0.2) is 55.1 Å². The molecule has 0 radical (unpaired) electrons. The molecular formula is C12H23BrN4O. The molecule has 0 aromatic carbocycles. The van der Waals surface area contributed by atoms with E-state index in [1.165, 1.54) is 5.69 Å². The molecule has 0 unspecified atom stereocenters. The Morgan fingerprint density at radius 2 is 2.11 bits per heavy atom. The van der Waals surface area contributed by atoms with Crippen molar-refractivity contribution in [2.45, 2.75) is 13.5 Å². The Balaban J connectivity index is 2.14. The fourth-order valence-corrected chi connectivity index (χ4v) is 2.05. The number of aryl methyl sites for hydroxylation is 2. The van der Waals surface area contributed by atoms with Crippen LogP contribution in [0.5, 0.6) is 0 Å². The molecule has 0 fully saturated rings. The van der Waals surface area contributed by atoms with Crippen LogP contribution in [0.4, 0.5) is 0 Å². The second-order valence-electron chi connectivity index (χ2n) is 4.56. The molecule has 6 heteroatoms. The molecule has 0 saturated carbocycles. The standard InChI is InChI=1S/C12H23BrN4O/c1-10-12(13)11(17(4)15-10)9-14-5-7-18-8-6-16(2)3/h14H,5-9H2,1-4H3. The molecule has 0 aliphatic heterocycles. The van der Waals surface area contributed by atoms with Crippen LogP contribution in [0.2, 0.25) is 0 Å². The monoisotopic (exact) mass is 318 g/mol. The number of nitrogens with zero attached hydrogens (tertiary/aromatic N) is 3. The average Bonchev–Trinajstić information content (AvgIpc) is 2.53. The summed E-state index contributed by atoms with van der Waals surface area (Å²) in [5.41, 5.74) is 2.19. The molecule has 0 saturated heterocycles. The van der Waals surface area contributed by atoms with Crippen molar-refractivity contribution < 1.29 is 4.74 Å². The van der Waals surface area contributed by atoms with Gasteiger partial charge in [-0.25, -0.2) is 0 Å². The number of halogens is 1. The van der Waals surface area contributed by atoms with Crippen molar-refractivity contribution in [2.75, 3.05) is 40.4 Å². The van der Waals surface area contributed by atoms with Gasteiger partial charge in [-0.2, -0.15) is 5.10 Å². The zero-order valence-electron chi connectivity index (χ0n) is 11.7. The fourth-order valence-electron chi connectivity index (χ4n) is 1.57. The van der Waals surface area contributed by atoms with Crippen LogP contribution in [0.1, 0.15) is 11.4 Å². The van der Waals surface area contributed by atoms with Crippen LogP contribution in [0.25, 0.3) is 0 Å². The molecule has 1 rings (SSSR count).